The first-order valence-electron chi connectivity index (χ1n) is 8.09. The van der Waals surface area contributed by atoms with Gasteiger partial charge in [0.1, 0.15) is 0 Å². The highest BCUT2D eigenvalue weighted by molar-refractivity contribution is 5.95. The van der Waals surface area contributed by atoms with Gasteiger partial charge in [-0.1, -0.05) is 13.8 Å². The maximum Gasteiger partial charge on any atom is 0.255 e. The number of hydrogen-bond donors (Lipinski definition) is 1. The number of aryl methyl sites for hydroxylation is 1. The molecule has 6 nitrogen and oxygen atoms in total. The molecule has 6 heteroatoms. The zero-order chi connectivity index (χ0) is 17.0. The van der Waals surface area contributed by atoms with Crippen LogP contribution in [-0.2, 0) is 6.54 Å². The van der Waals surface area contributed by atoms with E-state index in [9.17, 15) is 4.79 Å². The summed E-state index contributed by atoms with van der Waals surface area (Å²) in [6.45, 7) is 10.6. The van der Waals surface area contributed by atoms with Crippen LogP contribution in [0.5, 0.6) is 0 Å². The molecule has 0 aliphatic heterocycles. The topological polar surface area (TPSA) is 72.7 Å². The fourth-order valence-corrected chi connectivity index (χ4v) is 2.69. The molecule has 2 aromatic heterocycles. The van der Waals surface area contributed by atoms with E-state index in [1.54, 1.807) is 12.4 Å². The van der Waals surface area contributed by atoms with Gasteiger partial charge in [0, 0.05) is 12.2 Å². The Bertz CT molecular complexity index is 688. The van der Waals surface area contributed by atoms with Crippen LogP contribution in [0.25, 0.3) is 0 Å². The summed E-state index contributed by atoms with van der Waals surface area (Å²) in [5, 5.41) is 15.3. The monoisotopic (exact) mass is 315 g/mol. The van der Waals surface area contributed by atoms with Crippen molar-refractivity contribution >= 4 is 5.91 Å². The molecule has 1 amide bonds. The summed E-state index contributed by atoms with van der Waals surface area (Å²) in [6, 6.07) is 0.339. The van der Waals surface area contributed by atoms with Gasteiger partial charge < -0.3 is 5.32 Å². The Morgan fingerprint density at radius 2 is 1.91 bits per heavy atom. The highest BCUT2D eigenvalue weighted by Gasteiger charge is 2.18. The summed E-state index contributed by atoms with van der Waals surface area (Å²) >= 11 is 0. The standard InChI is InChI=1S/C17H25N5O/c1-6-15(7-2)22-13(5)16(10-20-22)17(23)18-8-14-9-19-21-12(4)11(14)3/h9-10,15H,6-8H2,1-5H3,(H,18,23). The number of nitrogens with zero attached hydrogens (tertiary/aromatic N) is 4. The van der Waals surface area contributed by atoms with Crippen molar-refractivity contribution in [3.8, 4) is 0 Å². The zero-order valence-corrected chi connectivity index (χ0v) is 14.6. The molecular formula is C17H25N5O. The average Bonchev–Trinajstić information content (AvgIpc) is 2.92. The number of nitrogens with one attached hydrogen (secondary N) is 1. The van der Waals surface area contributed by atoms with Crippen LogP contribution < -0.4 is 5.32 Å². The highest BCUT2D eigenvalue weighted by atomic mass is 16.1. The predicted molar refractivity (Wildman–Crippen MR) is 89.3 cm³/mol. The summed E-state index contributed by atoms with van der Waals surface area (Å²) in [5.74, 6) is -0.103. The molecule has 0 aliphatic carbocycles. The van der Waals surface area contributed by atoms with Crippen molar-refractivity contribution in [2.45, 2.75) is 60.0 Å². The Balaban J connectivity index is 2.11. The van der Waals surface area contributed by atoms with E-state index in [4.69, 9.17) is 0 Å². The maximum absolute atomic E-state index is 12.4. The molecular weight excluding hydrogens is 290 g/mol. The Morgan fingerprint density at radius 3 is 2.57 bits per heavy atom. The van der Waals surface area contributed by atoms with E-state index < -0.39 is 0 Å². The molecule has 1 N–H and O–H groups in total. The van der Waals surface area contributed by atoms with Crippen LogP contribution in [0.3, 0.4) is 0 Å². The van der Waals surface area contributed by atoms with Gasteiger partial charge in [-0.2, -0.15) is 15.3 Å². The van der Waals surface area contributed by atoms with Crippen molar-refractivity contribution in [1.29, 1.82) is 0 Å². The van der Waals surface area contributed by atoms with Crippen molar-refractivity contribution in [3.63, 3.8) is 0 Å². The van der Waals surface area contributed by atoms with E-state index >= 15 is 0 Å². The largest absolute Gasteiger partial charge is 0.348 e. The molecule has 0 fully saturated rings. The van der Waals surface area contributed by atoms with Gasteiger partial charge >= 0.3 is 0 Å². The van der Waals surface area contributed by atoms with E-state index in [0.717, 1.165) is 35.4 Å². The van der Waals surface area contributed by atoms with Crippen molar-refractivity contribution < 1.29 is 4.79 Å². The van der Waals surface area contributed by atoms with Gasteiger partial charge in [0.05, 0.1) is 29.7 Å². The normalized spacial score (nSPS) is 11.0. The highest BCUT2D eigenvalue weighted by Crippen LogP contribution is 2.19. The summed E-state index contributed by atoms with van der Waals surface area (Å²) in [7, 11) is 0. The molecule has 0 bridgehead atoms. The lowest BCUT2D eigenvalue weighted by atomic mass is 10.1. The Labute approximate surface area is 137 Å². The van der Waals surface area contributed by atoms with Crippen molar-refractivity contribution in [2.75, 3.05) is 0 Å². The molecule has 2 aromatic rings. The summed E-state index contributed by atoms with van der Waals surface area (Å²) in [5.41, 5.74) is 4.47. The van der Waals surface area contributed by atoms with E-state index in [1.165, 1.54) is 0 Å². The van der Waals surface area contributed by atoms with Gasteiger partial charge in [-0.05, 0) is 44.7 Å². The number of carbonyl (C=O) groups excluding carboxylic acids is 1. The minimum atomic E-state index is -0.103. The van der Waals surface area contributed by atoms with Crippen LogP contribution in [0.15, 0.2) is 12.4 Å². The molecule has 0 saturated carbocycles. The third-order valence-electron chi connectivity index (χ3n) is 4.46. The predicted octanol–water partition coefficient (Wildman–Crippen LogP) is 2.89. The van der Waals surface area contributed by atoms with Crippen LogP contribution >= 0.6 is 0 Å². The molecule has 0 unspecified atom stereocenters. The van der Waals surface area contributed by atoms with Crippen molar-refractivity contribution in [2.24, 2.45) is 0 Å². The fraction of sp³-hybridized carbons (Fsp3) is 0.529. The first-order valence-corrected chi connectivity index (χ1v) is 8.09. The van der Waals surface area contributed by atoms with Crippen LogP contribution in [-0.4, -0.2) is 25.9 Å². The Kier molecular flexibility index (Phi) is 5.47. The molecule has 0 saturated heterocycles. The molecule has 2 rings (SSSR count). The van der Waals surface area contributed by atoms with Crippen LogP contribution in [0.4, 0.5) is 0 Å². The van der Waals surface area contributed by atoms with Gasteiger partial charge in [-0.25, -0.2) is 0 Å². The SMILES string of the molecule is CCC(CC)n1ncc(C(=O)NCc2cnnc(C)c2C)c1C. The molecule has 0 aliphatic rings. The fourth-order valence-electron chi connectivity index (χ4n) is 2.69. The second-order valence-electron chi connectivity index (χ2n) is 5.82. The Morgan fingerprint density at radius 1 is 1.22 bits per heavy atom. The Hall–Kier alpha value is -2.24. The van der Waals surface area contributed by atoms with Gasteiger partial charge in [-0.3, -0.25) is 9.48 Å². The molecule has 0 atom stereocenters. The summed E-state index contributed by atoms with van der Waals surface area (Å²) in [4.78, 5) is 12.4. The van der Waals surface area contributed by atoms with E-state index in [2.05, 4.69) is 34.5 Å². The van der Waals surface area contributed by atoms with Crippen LogP contribution in [0.1, 0.15) is 65.6 Å². The van der Waals surface area contributed by atoms with Crippen molar-refractivity contribution in [1.82, 2.24) is 25.3 Å². The molecule has 0 radical (unpaired) electrons. The number of amides is 1. The molecule has 23 heavy (non-hydrogen) atoms. The second-order valence-corrected chi connectivity index (χ2v) is 5.82. The minimum Gasteiger partial charge on any atom is -0.348 e. The van der Waals surface area contributed by atoms with E-state index in [-0.39, 0.29) is 5.91 Å². The smallest absolute Gasteiger partial charge is 0.255 e. The van der Waals surface area contributed by atoms with Gasteiger partial charge in [-0.15, -0.1) is 0 Å². The zero-order valence-electron chi connectivity index (χ0n) is 14.6. The summed E-state index contributed by atoms with van der Waals surface area (Å²) < 4.78 is 1.96. The first kappa shape index (κ1) is 17.1. The lowest BCUT2D eigenvalue weighted by Gasteiger charge is -2.15. The summed E-state index contributed by atoms with van der Waals surface area (Å²) in [6.07, 6.45) is 5.36. The average molecular weight is 315 g/mol. The minimum absolute atomic E-state index is 0.103. The van der Waals surface area contributed by atoms with E-state index in [1.807, 2.05) is 25.5 Å². The van der Waals surface area contributed by atoms with Gasteiger partial charge in [0.2, 0.25) is 0 Å². The molecule has 0 spiro atoms. The lowest BCUT2D eigenvalue weighted by Crippen LogP contribution is -2.24. The third kappa shape index (κ3) is 3.57. The quantitative estimate of drug-likeness (QED) is 0.889. The maximum atomic E-state index is 12.4. The van der Waals surface area contributed by atoms with Crippen molar-refractivity contribution in [3.05, 3.63) is 40.5 Å². The lowest BCUT2D eigenvalue weighted by molar-refractivity contribution is 0.0950. The molecule has 124 valence electrons. The van der Waals surface area contributed by atoms with Crippen LogP contribution in [0, 0.1) is 20.8 Å². The molecule has 2 heterocycles. The number of carbonyl (C=O) groups is 1. The number of aromatic nitrogens is 4. The number of hydrogen-bond acceptors (Lipinski definition) is 4. The number of rotatable bonds is 6. The van der Waals surface area contributed by atoms with Gasteiger partial charge in [0.25, 0.3) is 5.91 Å². The van der Waals surface area contributed by atoms with Crippen LogP contribution in [0.2, 0.25) is 0 Å². The van der Waals surface area contributed by atoms with Gasteiger partial charge in [0.15, 0.2) is 0 Å². The first-order chi connectivity index (χ1) is 11.0. The second kappa shape index (κ2) is 7.35. The third-order valence-corrected chi connectivity index (χ3v) is 4.46. The molecule has 0 aromatic carbocycles. The van der Waals surface area contributed by atoms with E-state index in [0.29, 0.717) is 18.2 Å².